The van der Waals surface area contributed by atoms with Crippen LogP contribution in [0.25, 0.3) is 0 Å². The van der Waals surface area contributed by atoms with Gasteiger partial charge < -0.3 is 5.32 Å². The second kappa shape index (κ2) is 4.97. The molecule has 0 aromatic heterocycles. The predicted molar refractivity (Wildman–Crippen MR) is 54.6 cm³/mol. The van der Waals surface area contributed by atoms with Gasteiger partial charge in [-0.1, -0.05) is 23.8 Å². The third-order valence-electron chi connectivity index (χ3n) is 2.41. The summed E-state index contributed by atoms with van der Waals surface area (Å²) in [6.07, 6.45) is 9.42. The van der Waals surface area contributed by atoms with Crippen LogP contribution in [0.2, 0.25) is 0 Å². The van der Waals surface area contributed by atoms with Crippen molar-refractivity contribution in [2.75, 3.05) is 7.05 Å². The van der Waals surface area contributed by atoms with Crippen LogP contribution in [-0.2, 0) is 4.79 Å². The van der Waals surface area contributed by atoms with Gasteiger partial charge in [0.25, 0.3) is 0 Å². The Bertz CT molecular complexity index is 240. The molecule has 13 heavy (non-hydrogen) atoms. The van der Waals surface area contributed by atoms with Crippen LogP contribution in [0, 0.1) is 0 Å². The third kappa shape index (κ3) is 3.15. The maximum atomic E-state index is 11.1. The molecule has 72 valence electrons. The van der Waals surface area contributed by atoms with Crippen molar-refractivity contribution in [2.45, 2.75) is 32.2 Å². The van der Waals surface area contributed by atoms with E-state index in [0.29, 0.717) is 0 Å². The average molecular weight is 179 g/mol. The summed E-state index contributed by atoms with van der Waals surface area (Å²) < 4.78 is 0. The normalized spacial score (nSPS) is 18.2. The molecular formula is C11H17NO. The lowest BCUT2D eigenvalue weighted by atomic mass is 9.96. The summed E-state index contributed by atoms with van der Waals surface area (Å²) in [5.74, 6) is 0.220. The molecule has 0 aliphatic heterocycles. The molecular weight excluding hydrogens is 162 g/mol. The molecule has 0 unspecified atom stereocenters. The minimum absolute atomic E-state index is 0.00208. The second-order valence-electron chi connectivity index (χ2n) is 3.45. The van der Waals surface area contributed by atoms with Crippen molar-refractivity contribution in [2.24, 2.45) is 0 Å². The van der Waals surface area contributed by atoms with E-state index in [2.05, 4.69) is 23.5 Å². The average Bonchev–Trinajstić information content (AvgIpc) is 2.15. The number of rotatable bonds is 4. The van der Waals surface area contributed by atoms with Crippen LogP contribution in [-0.4, -0.2) is 18.9 Å². The Kier molecular flexibility index (Phi) is 3.90. The molecule has 1 N–H and O–H groups in total. The second-order valence-corrected chi connectivity index (χ2v) is 3.45. The summed E-state index contributed by atoms with van der Waals surface area (Å²) in [5.41, 5.74) is 1.37. The highest BCUT2D eigenvalue weighted by molar-refractivity contribution is 5.81. The fraction of sp³-hybridized carbons (Fsp3) is 0.545. The van der Waals surface area contributed by atoms with E-state index in [1.54, 1.807) is 6.92 Å². The van der Waals surface area contributed by atoms with Crippen LogP contribution in [0.1, 0.15) is 26.2 Å². The number of ketones is 1. The third-order valence-corrected chi connectivity index (χ3v) is 2.41. The Morgan fingerprint density at radius 3 is 2.92 bits per heavy atom. The number of allylic oxidation sites excluding steroid dienone is 3. The fourth-order valence-corrected chi connectivity index (χ4v) is 1.53. The monoisotopic (exact) mass is 179 g/mol. The first-order chi connectivity index (χ1) is 6.24. The summed E-state index contributed by atoms with van der Waals surface area (Å²) in [6.45, 7) is 1.64. The zero-order chi connectivity index (χ0) is 9.68. The zero-order valence-electron chi connectivity index (χ0n) is 8.34. The van der Waals surface area contributed by atoms with Gasteiger partial charge in [-0.05, 0) is 33.2 Å². The van der Waals surface area contributed by atoms with Crippen molar-refractivity contribution in [3.63, 3.8) is 0 Å². The lowest BCUT2D eigenvalue weighted by Gasteiger charge is -2.15. The Balaban J connectivity index is 2.50. The number of hydrogen-bond acceptors (Lipinski definition) is 2. The highest BCUT2D eigenvalue weighted by atomic mass is 16.1. The smallest absolute Gasteiger partial charge is 0.146 e. The summed E-state index contributed by atoms with van der Waals surface area (Å²) >= 11 is 0. The number of carbonyl (C=O) groups excluding carboxylic acids is 1. The largest absolute Gasteiger partial charge is 0.310 e. The maximum Gasteiger partial charge on any atom is 0.146 e. The molecule has 0 bridgehead atoms. The van der Waals surface area contributed by atoms with E-state index < -0.39 is 0 Å². The SMILES string of the molecule is CN[C@@H](CC1=CC=CCC1)C(C)=O. The Hall–Kier alpha value is -0.890. The van der Waals surface area contributed by atoms with Crippen molar-refractivity contribution in [3.8, 4) is 0 Å². The summed E-state index contributed by atoms with van der Waals surface area (Å²) in [6, 6.07) is -0.00208. The highest BCUT2D eigenvalue weighted by Crippen LogP contribution is 2.17. The number of Topliss-reactive ketones (excluding diaryl/α,β-unsaturated/α-hetero) is 1. The van der Waals surface area contributed by atoms with E-state index in [9.17, 15) is 4.79 Å². The Morgan fingerprint density at radius 1 is 1.69 bits per heavy atom. The van der Waals surface area contributed by atoms with Gasteiger partial charge in [-0.3, -0.25) is 4.79 Å². The Labute approximate surface area is 79.7 Å². The van der Waals surface area contributed by atoms with Gasteiger partial charge in [0.1, 0.15) is 5.78 Å². The van der Waals surface area contributed by atoms with Crippen molar-refractivity contribution < 1.29 is 4.79 Å². The molecule has 0 saturated carbocycles. The molecule has 0 aromatic rings. The van der Waals surface area contributed by atoms with Gasteiger partial charge in [0.2, 0.25) is 0 Å². The van der Waals surface area contributed by atoms with Crippen molar-refractivity contribution in [1.29, 1.82) is 0 Å². The lowest BCUT2D eigenvalue weighted by Crippen LogP contribution is -2.32. The molecule has 1 atom stereocenters. The molecule has 0 saturated heterocycles. The van der Waals surface area contributed by atoms with Gasteiger partial charge in [0.05, 0.1) is 6.04 Å². The summed E-state index contributed by atoms with van der Waals surface area (Å²) in [7, 11) is 1.84. The number of likely N-dealkylation sites (N-methyl/N-ethyl adjacent to an activating group) is 1. The first-order valence-electron chi connectivity index (χ1n) is 4.76. The molecule has 0 fully saturated rings. The predicted octanol–water partition coefficient (Wildman–Crippen LogP) is 1.83. The first kappa shape index (κ1) is 10.2. The van der Waals surface area contributed by atoms with Crippen LogP contribution < -0.4 is 5.32 Å². The molecule has 0 heterocycles. The number of carbonyl (C=O) groups is 1. The molecule has 2 nitrogen and oxygen atoms in total. The van der Waals surface area contributed by atoms with E-state index in [4.69, 9.17) is 0 Å². The van der Waals surface area contributed by atoms with Gasteiger partial charge >= 0.3 is 0 Å². The van der Waals surface area contributed by atoms with Gasteiger partial charge in [-0.2, -0.15) is 0 Å². The molecule has 0 radical (unpaired) electrons. The van der Waals surface area contributed by atoms with E-state index in [1.807, 2.05) is 7.05 Å². The zero-order valence-corrected chi connectivity index (χ0v) is 8.34. The molecule has 1 aliphatic rings. The van der Waals surface area contributed by atoms with Crippen LogP contribution >= 0.6 is 0 Å². The van der Waals surface area contributed by atoms with Crippen molar-refractivity contribution >= 4 is 5.78 Å². The first-order valence-corrected chi connectivity index (χ1v) is 4.76. The van der Waals surface area contributed by atoms with E-state index in [-0.39, 0.29) is 11.8 Å². The van der Waals surface area contributed by atoms with Gasteiger partial charge in [-0.15, -0.1) is 0 Å². The van der Waals surface area contributed by atoms with Crippen LogP contribution in [0.4, 0.5) is 0 Å². The Morgan fingerprint density at radius 2 is 2.46 bits per heavy atom. The molecule has 0 aromatic carbocycles. The van der Waals surface area contributed by atoms with Crippen molar-refractivity contribution in [1.82, 2.24) is 5.32 Å². The quantitative estimate of drug-likeness (QED) is 0.713. The standard InChI is InChI=1S/C11H17NO/c1-9(13)11(12-2)8-10-6-4-3-5-7-10/h3-4,6,11-12H,5,7-8H2,1-2H3/t11-/m0/s1. The lowest BCUT2D eigenvalue weighted by molar-refractivity contribution is -0.118. The maximum absolute atomic E-state index is 11.1. The molecule has 2 heteroatoms. The summed E-state index contributed by atoms with van der Waals surface area (Å²) in [5, 5.41) is 3.03. The number of hydrogen-bond donors (Lipinski definition) is 1. The molecule has 0 spiro atoms. The fourth-order valence-electron chi connectivity index (χ4n) is 1.53. The van der Waals surface area contributed by atoms with Gasteiger partial charge in [0, 0.05) is 0 Å². The molecule has 0 amide bonds. The molecule has 1 rings (SSSR count). The van der Waals surface area contributed by atoms with Crippen LogP contribution in [0.3, 0.4) is 0 Å². The van der Waals surface area contributed by atoms with E-state index >= 15 is 0 Å². The van der Waals surface area contributed by atoms with Crippen molar-refractivity contribution in [3.05, 3.63) is 23.8 Å². The topological polar surface area (TPSA) is 29.1 Å². The minimum Gasteiger partial charge on any atom is -0.310 e. The molecule has 1 aliphatic carbocycles. The van der Waals surface area contributed by atoms with Gasteiger partial charge in [0.15, 0.2) is 0 Å². The van der Waals surface area contributed by atoms with E-state index in [0.717, 1.165) is 19.3 Å². The van der Waals surface area contributed by atoms with Crippen LogP contribution in [0.15, 0.2) is 23.8 Å². The van der Waals surface area contributed by atoms with E-state index in [1.165, 1.54) is 5.57 Å². The minimum atomic E-state index is -0.00208. The highest BCUT2D eigenvalue weighted by Gasteiger charge is 2.13. The van der Waals surface area contributed by atoms with Crippen LogP contribution in [0.5, 0.6) is 0 Å². The van der Waals surface area contributed by atoms with Gasteiger partial charge in [-0.25, -0.2) is 0 Å². The summed E-state index contributed by atoms with van der Waals surface area (Å²) in [4.78, 5) is 11.1. The number of nitrogens with one attached hydrogen (secondary N) is 1.